The van der Waals surface area contributed by atoms with E-state index >= 15 is 0 Å². The molecule has 0 heterocycles. The lowest BCUT2D eigenvalue weighted by Gasteiger charge is -2.23. The minimum atomic E-state index is -0.139. The Bertz CT molecular complexity index is 339. The van der Waals surface area contributed by atoms with Crippen molar-refractivity contribution in [1.82, 2.24) is 0 Å². The van der Waals surface area contributed by atoms with Crippen LogP contribution < -0.4 is 11.1 Å². The van der Waals surface area contributed by atoms with Gasteiger partial charge in [0, 0.05) is 23.0 Å². The minimum absolute atomic E-state index is 0.139. The van der Waals surface area contributed by atoms with Gasteiger partial charge in [-0.2, -0.15) is 0 Å². The molecule has 15 heavy (non-hydrogen) atoms. The largest absolute Gasteiger partial charge is 0.397 e. The zero-order valence-electron chi connectivity index (χ0n) is 9.05. The number of rotatable bonds is 4. The van der Waals surface area contributed by atoms with Gasteiger partial charge < -0.3 is 16.2 Å². The molecule has 3 nitrogen and oxygen atoms in total. The van der Waals surface area contributed by atoms with Crippen LogP contribution in [0.3, 0.4) is 0 Å². The molecule has 0 aliphatic rings. The molecule has 0 amide bonds. The third-order valence-electron chi connectivity index (χ3n) is 2.20. The molecule has 0 aromatic heterocycles. The second-order valence-corrected chi connectivity index (χ2v) is 5.32. The number of hydrogen-bond donors (Lipinski definition) is 3. The van der Waals surface area contributed by atoms with E-state index in [0.717, 1.165) is 10.2 Å². The predicted molar refractivity (Wildman–Crippen MR) is 67.9 cm³/mol. The minimum Gasteiger partial charge on any atom is -0.397 e. The first-order valence-electron chi connectivity index (χ1n) is 4.84. The van der Waals surface area contributed by atoms with Crippen LogP contribution in [0.5, 0.6) is 0 Å². The van der Waals surface area contributed by atoms with Crippen LogP contribution in [0.15, 0.2) is 22.7 Å². The summed E-state index contributed by atoms with van der Waals surface area (Å²) in [6, 6.07) is 5.71. The van der Waals surface area contributed by atoms with Gasteiger partial charge in [-0.1, -0.05) is 29.8 Å². The molecule has 1 aromatic carbocycles. The van der Waals surface area contributed by atoms with Crippen molar-refractivity contribution in [3.63, 3.8) is 0 Å². The quantitative estimate of drug-likeness (QED) is 0.738. The fourth-order valence-electron chi connectivity index (χ4n) is 1.08. The SMILES string of the molecule is CC(C)(CO)CNc1ccc(Br)cc1N. The van der Waals surface area contributed by atoms with Crippen molar-refractivity contribution in [3.05, 3.63) is 22.7 Å². The smallest absolute Gasteiger partial charge is 0.0574 e. The summed E-state index contributed by atoms with van der Waals surface area (Å²) >= 11 is 3.35. The topological polar surface area (TPSA) is 58.3 Å². The molecule has 0 bridgehead atoms. The Kier molecular flexibility index (Phi) is 3.99. The zero-order chi connectivity index (χ0) is 11.5. The first-order valence-corrected chi connectivity index (χ1v) is 5.64. The van der Waals surface area contributed by atoms with Crippen LogP contribution in [0, 0.1) is 5.41 Å². The fourth-order valence-corrected chi connectivity index (χ4v) is 1.46. The third kappa shape index (κ3) is 3.72. The van der Waals surface area contributed by atoms with Crippen molar-refractivity contribution in [2.24, 2.45) is 5.41 Å². The number of halogens is 1. The van der Waals surface area contributed by atoms with E-state index in [9.17, 15) is 0 Å². The molecule has 4 N–H and O–H groups in total. The second-order valence-electron chi connectivity index (χ2n) is 4.41. The number of benzene rings is 1. The molecule has 0 unspecified atom stereocenters. The molecule has 0 saturated carbocycles. The van der Waals surface area contributed by atoms with Crippen molar-refractivity contribution in [1.29, 1.82) is 0 Å². The van der Waals surface area contributed by atoms with Gasteiger partial charge in [0.15, 0.2) is 0 Å². The lowest BCUT2D eigenvalue weighted by atomic mass is 9.95. The summed E-state index contributed by atoms with van der Waals surface area (Å²) in [5.41, 5.74) is 7.31. The van der Waals surface area contributed by atoms with Gasteiger partial charge in [0.05, 0.1) is 11.4 Å². The molecule has 0 spiro atoms. The highest BCUT2D eigenvalue weighted by atomic mass is 79.9. The van der Waals surface area contributed by atoms with Crippen LogP contribution in [-0.2, 0) is 0 Å². The van der Waals surface area contributed by atoms with Gasteiger partial charge in [-0.05, 0) is 18.2 Å². The number of nitrogen functional groups attached to an aromatic ring is 1. The Balaban J connectivity index is 2.66. The summed E-state index contributed by atoms with van der Waals surface area (Å²) in [6.45, 7) is 4.83. The molecule has 84 valence electrons. The number of nitrogens with one attached hydrogen (secondary N) is 1. The van der Waals surface area contributed by atoms with Crippen molar-refractivity contribution >= 4 is 27.3 Å². The van der Waals surface area contributed by atoms with Crippen LogP contribution in [0.4, 0.5) is 11.4 Å². The molecule has 0 atom stereocenters. The van der Waals surface area contributed by atoms with E-state index in [1.54, 1.807) is 0 Å². The molecule has 0 aliphatic heterocycles. The Labute approximate surface area is 98.8 Å². The Morgan fingerprint density at radius 1 is 1.47 bits per heavy atom. The number of hydrogen-bond acceptors (Lipinski definition) is 3. The maximum absolute atomic E-state index is 9.11. The molecule has 1 rings (SSSR count). The highest BCUT2D eigenvalue weighted by Gasteiger charge is 2.16. The van der Waals surface area contributed by atoms with Crippen LogP contribution in [0.1, 0.15) is 13.8 Å². The molecular formula is C11H17BrN2O. The number of aliphatic hydroxyl groups excluding tert-OH is 1. The molecule has 0 fully saturated rings. The van der Waals surface area contributed by atoms with E-state index < -0.39 is 0 Å². The van der Waals surface area contributed by atoms with E-state index in [-0.39, 0.29) is 12.0 Å². The predicted octanol–water partition coefficient (Wildman–Crippen LogP) is 2.46. The van der Waals surface area contributed by atoms with Gasteiger partial charge in [0.1, 0.15) is 0 Å². The number of aliphatic hydroxyl groups is 1. The van der Waals surface area contributed by atoms with E-state index in [2.05, 4.69) is 21.2 Å². The third-order valence-corrected chi connectivity index (χ3v) is 2.69. The van der Waals surface area contributed by atoms with Crippen LogP contribution in [-0.4, -0.2) is 18.3 Å². The molecule has 1 aromatic rings. The average molecular weight is 273 g/mol. The molecule has 0 saturated heterocycles. The zero-order valence-corrected chi connectivity index (χ0v) is 10.6. The van der Waals surface area contributed by atoms with Crippen molar-refractivity contribution in [2.75, 3.05) is 24.2 Å². The summed E-state index contributed by atoms with van der Waals surface area (Å²) in [5, 5.41) is 12.3. The normalized spacial score (nSPS) is 11.5. The lowest BCUT2D eigenvalue weighted by Crippen LogP contribution is -2.27. The first kappa shape index (κ1) is 12.3. The number of nitrogens with two attached hydrogens (primary N) is 1. The van der Waals surface area contributed by atoms with Crippen molar-refractivity contribution in [3.8, 4) is 0 Å². The van der Waals surface area contributed by atoms with Gasteiger partial charge in [0.2, 0.25) is 0 Å². The van der Waals surface area contributed by atoms with E-state index in [1.807, 2.05) is 32.0 Å². The monoisotopic (exact) mass is 272 g/mol. The van der Waals surface area contributed by atoms with E-state index in [1.165, 1.54) is 0 Å². The maximum atomic E-state index is 9.11. The van der Waals surface area contributed by atoms with Gasteiger partial charge in [-0.25, -0.2) is 0 Å². The second kappa shape index (κ2) is 4.86. The summed E-state index contributed by atoms with van der Waals surface area (Å²) < 4.78 is 0.965. The van der Waals surface area contributed by atoms with E-state index in [0.29, 0.717) is 12.2 Å². The Morgan fingerprint density at radius 2 is 2.13 bits per heavy atom. The van der Waals surface area contributed by atoms with Gasteiger partial charge in [-0.15, -0.1) is 0 Å². The van der Waals surface area contributed by atoms with Crippen LogP contribution >= 0.6 is 15.9 Å². The van der Waals surface area contributed by atoms with E-state index in [4.69, 9.17) is 10.8 Å². The molecule has 4 heteroatoms. The van der Waals surface area contributed by atoms with Gasteiger partial charge >= 0.3 is 0 Å². The standard InChI is InChI=1S/C11H17BrN2O/c1-11(2,7-15)6-14-10-4-3-8(12)5-9(10)13/h3-5,14-15H,6-7,13H2,1-2H3. The Morgan fingerprint density at radius 3 is 2.67 bits per heavy atom. The van der Waals surface area contributed by atoms with Crippen LogP contribution in [0.25, 0.3) is 0 Å². The van der Waals surface area contributed by atoms with Crippen molar-refractivity contribution < 1.29 is 5.11 Å². The highest BCUT2D eigenvalue weighted by Crippen LogP contribution is 2.24. The van der Waals surface area contributed by atoms with Gasteiger partial charge in [-0.3, -0.25) is 0 Å². The van der Waals surface area contributed by atoms with Crippen LogP contribution in [0.2, 0.25) is 0 Å². The molecule has 0 aliphatic carbocycles. The van der Waals surface area contributed by atoms with Crippen molar-refractivity contribution in [2.45, 2.75) is 13.8 Å². The summed E-state index contributed by atoms with van der Waals surface area (Å²) in [6.07, 6.45) is 0. The summed E-state index contributed by atoms with van der Waals surface area (Å²) in [5.74, 6) is 0. The lowest BCUT2D eigenvalue weighted by molar-refractivity contribution is 0.171. The molecule has 0 radical (unpaired) electrons. The first-order chi connectivity index (χ1) is 6.94. The average Bonchev–Trinajstić information content (AvgIpc) is 2.16. The Hall–Kier alpha value is -0.740. The number of anilines is 2. The highest BCUT2D eigenvalue weighted by molar-refractivity contribution is 9.10. The van der Waals surface area contributed by atoms with Gasteiger partial charge in [0.25, 0.3) is 0 Å². The fraction of sp³-hybridized carbons (Fsp3) is 0.455. The molecular weight excluding hydrogens is 256 g/mol. The summed E-state index contributed by atoms with van der Waals surface area (Å²) in [4.78, 5) is 0. The summed E-state index contributed by atoms with van der Waals surface area (Å²) in [7, 11) is 0. The maximum Gasteiger partial charge on any atom is 0.0574 e.